The van der Waals surface area contributed by atoms with Crippen LogP contribution in [0, 0.1) is 5.92 Å². The molecule has 1 aromatic rings. The predicted octanol–water partition coefficient (Wildman–Crippen LogP) is 2.75. The van der Waals surface area contributed by atoms with Gasteiger partial charge in [-0.15, -0.1) is 0 Å². The molecule has 0 bridgehead atoms. The Bertz CT molecular complexity index is 514. The standard InChI is InChI=1S/C18H26N2O2/c1-22-17-8-3-2-7-15(17)16-13-19-11-12-20(16)18(21)10-9-14-5-4-6-14/h2-3,7-8,14,16,19H,4-6,9-13H2,1H3. The van der Waals surface area contributed by atoms with Crippen LogP contribution in [-0.4, -0.2) is 37.6 Å². The normalized spacial score (nSPS) is 22.2. The third-order valence-corrected chi connectivity index (χ3v) is 5.05. The number of hydrogen-bond acceptors (Lipinski definition) is 3. The monoisotopic (exact) mass is 302 g/mol. The molecule has 3 rings (SSSR count). The molecule has 120 valence electrons. The van der Waals surface area contributed by atoms with E-state index in [4.69, 9.17) is 4.74 Å². The van der Waals surface area contributed by atoms with Crippen molar-refractivity contribution in [1.82, 2.24) is 10.2 Å². The Balaban J connectivity index is 1.71. The molecule has 1 atom stereocenters. The Morgan fingerprint density at radius 3 is 2.91 bits per heavy atom. The molecule has 0 aromatic heterocycles. The van der Waals surface area contributed by atoms with E-state index in [1.54, 1.807) is 7.11 Å². The molecular weight excluding hydrogens is 276 g/mol. The number of benzene rings is 1. The molecule has 0 radical (unpaired) electrons. The summed E-state index contributed by atoms with van der Waals surface area (Å²) in [6.07, 6.45) is 5.71. The lowest BCUT2D eigenvalue weighted by Crippen LogP contribution is -2.48. The molecule has 0 spiro atoms. The molecule has 1 saturated carbocycles. The molecule has 1 unspecified atom stereocenters. The summed E-state index contributed by atoms with van der Waals surface area (Å²) in [5.41, 5.74) is 1.11. The average Bonchev–Trinajstić information content (AvgIpc) is 2.53. The van der Waals surface area contributed by atoms with Crippen molar-refractivity contribution in [2.45, 2.75) is 38.1 Å². The van der Waals surface area contributed by atoms with Gasteiger partial charge in [0.25, 0.3) is 0 Å². The van der Waals surface area contributed by atoms with E-state index in [9.17, 15) is 4.79 Å². The van der Waals surface area contributed by atoms with Gasteiger partial charge in [-0.1, -0.05) is 37.5 Å². The second-order valence-corrected chi connectivity index (χ2v) is 6.38. The fourth-order valence-electron chi connectivity index (χ4n) is 3.48. The number of nitrogens with zero attached hydrogens (tertiary/aromatic N) is 1. The van der Waals surface area contributed by atoms with Crippen LogP contribution >= 0.6 is 0 Å². The largest absolute Gasteiger partial charge is 0.496 e. The number of methoxy groups -OCH3 is 1. The average molecular weight is 302 g/mol. The maximum absolute atomic E-state index is 12.7. The first-order valence-corrected chi connectivity index (χ1v) is 8.42. The lowest BCUT2D eigenvalue weighted by atomic mass is 9.82. The number of piperazine rings is 1. The van der Waals surface area contributed by atoms with Gasteiger partial charge in [0.05, 0.1) is 13.2 Å². The number of ether oxygens (including phenoxy) is 1. The highest BCUT2D eigenvalue weighted by Gasteiger charge is 2.30. The summed E-state index contributed by atoms with van der Waals surface area (Å²) >= 11 is 0. The maximum atomic E-state index is 12.7. The Labute approximate surface area is 132 Å². The minimum atomic E-state index is 0.0822. The van der Waals surface area contributed by atoms with Crippen molar-refractivity contribution in [1.29, 1.82) is 0 Å². The van der Waals surface area contributed by atoms with Crippen LogP contribution in [0.15, 0.2) is 24.3 Å². The second kappa shape index (κ2) is 7.14. The first-order chi connectivity index (χ1) is 10.8. The fraction of sp³-hybridized carbons (Fsp3) is 0.611. The quantitative estimate of drug-likeness (QED) is 0.909. The number of carbonyl (C=O) groups is 1. The SMILES string of the molecule is COc1ccccc1C1CNCCN1C(=O)CCC1CCC1. The van der Waals surface area contributed by atoms with Gasteiger partial charge in [-0.2, -0.15) is 0 Å². The van der Waals surface area contributed by atoms with Crippen LogP contribution in [0.5, 0.6) is 5.75 Å². The van der Waals surface area contributed by atoms with E-state index >= 15 is 0 Å². The zero-order valence-corrected chi connectivity index (χ0v) is 13.4. The number of rotatable bonds is 5. The van der Waals surface area contributed by atoms with Crippen LogP contribution in [-0.2, 0) is 4.79 Å². The highest BCUT2D eigenvalue weighted by atomic mass is 16.5. The van der Waals surface area contributed by atoms with Gasteiger partial charge in [-0.3, -0.25) is 4.79 Å². The molecule has 1 aromatic carbocycles. The zero-order chi connectivity index (χ0) is 15.4. The van der Waals surface area contributed by atoms with Gasteiger partial charge in [0.15, 0.2) is 0 Å². The van der Waals surface area contributed by atoms with Gasteiger partial charge in [0.1, 0.15) is 5.75 Å². The minimum Gasteiger partial charge on any atom is -0.496 e. The van der Waals surface area contributed by atoms with E-state index in [0.717, 1.165) is 43.3 Å². The Hall–Kier alpha value is -1.55. The van der Waals surface area contributed by atoms with Gasteiger partial charge in [-0.25, -0.2) is 0 Å². The summed E-state index contributed by atoms with van der Waals surface area (Å²) in [5, 5.41) is 3.41. The van der Waals surface area contributed by atoms with E-state index in [2.05, 4.69) is 11.4 Å². The van der Waals surface area contributed by atoms with Crippen molar-refractivity contribution in [3.05, 3.63) is 29.8 Å². The Morgan fingerprint density at radius 1 is 1.36 bits per heavy atom. The summed E-state index contributed by atoms with van der Waals surface area (Å²) in [4.78, 5) is 14.7. The first-order valence-electron chi connectivity index (χ1n) is 8.42. The van der Waals surface area contributed by atoms with Gasteiger partial charge in [0, 0.05) is 31.6 Å². The van der Waals surface area contributed by atoms with E-state index in [0.29, 0.717) is 12.3 Å². The highest BCUT2D eigenvalue weighted by Crippen LogP contribution is 2.33. The van der Waals surface area contributed by atoms with Gasteiger partial charge < -0.3 is 15.0 Å². The van der Waals surface area contributed by atoms with Crippen molar-refractivity contribution >= 4 is 5.91 Å². The van der Waals surface area contributed by atoms with Gasteiger partial charge in [-0.05, 0) is 18.4 Å². The van der Waals surface area contributed by atoms with Gasteiger partial charge in [0.2, 0.25) is 5.91 Å². The maximum Gasteiger partial charge on any atom is 0.223 e. The summed E-state index contributed by atoms with van der Waals surface area (Å²) in [5.74, 6) is 1.95. The summed E-state index contributed by atoms with van der Waals surface area (Å²) in [7, 11) is 1.69. The summed E-state index contributed by atoms with van der Waals surface area (Å²) in [6.45, 7) is 2.46. The summed E-state index contributed by atoms with van der Waals surface area (Å²) < 4.78 is 5.49. The smallest absolute Gasteiger partial charge is 0.223 e. The minimum absolute atomic E-state index is 0.0822. The second-order valence-electron chi connectivity index (χ2n) is 6.38. The third-order valence-electron chi connectivity index (χ3n) is 5.05. The third kappa shape index (κ3) is 3.27. The van der Waals surface area contributed by atoms with Crippen molar-refractivity contribution in [3.8, 4) is 5.75 Å². The Kier molecular flexibility index (Phi) is 4.98. The molecule has 2 aliphatic rings. The molecule has 1 N–H and O–H groups in total. The molecule has 4 heteroatoms. The number of amides is 1. The zero-order valence-electron chi connectivity index (χ0n) is 13.4. The molecule has 4 nitrogen and oxygen atoms in total. The van der Waals surface area contributed by atoms with Gasteiger partial charge >= 0.3 is 0 Å². The molecule has 1 amide bonds. The Morgan fingerprint density at radius 2 is 2.18 bits per heavy atom. The lowest BCUT2D eigenvalue weighted by molar-refractivity contribution is -0.135. The highest BCUT2D eigenvalue weighted by molar-refractivity contribution is 5.77. The van der Waals surface area contributed by atoms with Crippen LogP contribution in [0.1, 0.15) is 43.7 Å². The lowest BCUT2D eigenvalue weighted by Gasteiger charge is -2.37. The molecule has 1 heterocycles. The van der Waals surface area contributed by atoms with Crippen LogP contribution in [0.4, 0.5) is 0 Å². The molecule has 1 aliphatic carbocycles. The van der Waals surface area contributed by atoms with E-state index < -0.39 is 0 Å². The van der Waals surface area contributed by atoms with E-state index in [-0.39, 0.29) is 6.04 Å². The molecule has 22 heavy (non-hydrogen) atoms. The summed E-state index contributed by atoms with van der Waals surface area (Å²) in [6, 6.07) is 8.12. The van der Waals surface area contributed by atoms with E-state index in [1.807, 2.05) is 23.1 Å². The van der Waals surface area contributed by atoms with Crippen LogP contribution < -0.4 is 10.1 Å². The van der Waals surface area contributed by atoms with Crippen LogP contribution in [0.3, 0.4) is 0 Å². The molecule has 1 aliphatic heterocycles. The topological polar surface area (TPSA) is 41.6 Å². The van der Waals surface area contributed by atoms with Crippen LogP contribution in [0.25, 0.3) is 0 Å². The number of carbonyl (C=O) groups excluding carboxylic acids is 1. The number of hydrogen-bond donors (Lipinski definition) is 1. The molecule has 2 fully saturated rings. The first kappa shape index (κ1) is 15.3. The number of nitrogens with one attached hydrogen (secondary N) is 1. The number of para-hydroxylation sites is 1. The molecular formula is C18H26N2O2. The molecule has 1 saturated heterocycles. The predicted molar refractivity (Wildman–Crippen MR) is 86.9 cm³/mol. The van der Waals surface area contributed by atoms with Crippen molar-refractivity contribution < 1.29 is 9.53 Å². The van der Waals surface area contributed by atoms with E-state index in [1.165, 1.54) is 19.3 Å². The van der Waals surface area contributed by atoms with Crippen molar-refractivity contribution in [3.63, 3.8) is 0 Å². The fourth-order valence-corrected chi connectivity index (χ4v) is 3.48. The van der Waals surface area contributed by atoms with Crippen LogP contribution in [0.2, 0.25) is 0 Å². The van der Waals surface area contributed by atoms with Crippen molar-refractivity contribution in [2.24, 2.45) is 5.92 Å². The van der Waals surface area contributed by atoms with Crippen molar-refractivity contribution in [2.75, 3.05) is 26.7 Å².